The van der Waals surface area contributed by atoms with Gasteiger partial charge in [0.2, 0.25) is 5.91 Å². The lowest BCUT2D eigenvalue weighted by Gasteiger charge is -2.39. The standard InChI is InChI=1S/C16H21N3O3/c1-10-2-3-13-11-6-16(7-15(17)22,14(21)9-20)5-4-12(11)18-19(13)8-10/h2-3,8,14,20-21H,4-7,9H2,1H3,(H2,17,22). The summed E-state index contributed by atoms with van der Waals surface area (Å²) >= 11 is 0. The molecule has 0 fully saturated rings. The maximum atomic E-state index is 11.5. The number of hydrogen-bond acceptors (Lipinski definition) is 4. The first-order valence-electron chi connectivity index (χ1n) is 7.49. The number of aliphatic hydroxyl groups is 2. The number of amides is 1. The van der Waals surface area contributed by atoms with Crippen LogP contribution in [0.3, 0.4) is 0 Å². The molecule has 3 rings (SSSR count). The van der Waals surface area contributed by atoms with Crippen LogP contribution in [0.5, 0.6) is 0 Å². The van der Waals surface area contributed by atoms with Crippen LogP contribution in [0.15, 0.2) is 18.3 Å². The lowest BCUT2D eigenvalue weighted by atomic mass is 9.67. The summed E-state index contributed by atoms with van der Waals surface area (Å²) in [6.45, 7) is 1.63. The molecule has 2 heterocycles. The smallest absolute Gasteiger partial charge is 0.218 e. The van der Waals surface area contributed by atoms with Crippen molar-refractivity contribution in [1.29, 1.82) is 0 Å². The normalized spacial score (nSPS) is 22.5. The number of nitrogens with two attached hydrogens (primary N) is 1. The Morgan fingerprint density at radius 1 is 1.55 bits per heavy atom. The van der Waals surface area contributed by atoms with Crippen LogP contribution in [-0.2, 0) is 17.6 Å². The first kappa shape index (κ1) is 15.0. The van der Waals surface area contributed by atoms with Gasteiger partial charge in [-0.1, -0.05) is 6.07 Å². The van der Waals surface area contributed by atoms with E-state index in [1.807, 2.05) is 29.8 Å². The largest absolute Gasteiger partial charge is 0.394 e. The van der Waals surface area contributed by atoms with Gasteiger partial charge >= 0.3 is 0 Å². The highest BCUT2D eigenvalue weighted by Crippen LogP contribution is 2.42. The monoisotopic (exact) mass is 303 g/mol. The molecule has 4 N–H and O–H groups in total. The number of aryl methyl sites for hydroxylation is 2. The molecule has 0 bridgehead atoms. The van der Waals surface area contributed by atoms with E-state index in [9.17, 15) is 15.0 Å². The van der Waals surface area contributed by atoms with E-state index in [0.29, 0.717) is 19.3 Å². The third kappa shape index (κ3) is 2.38. The van der Waals surface area contributed by atoms with Gasteiger partial charge in [0.05, 0.1) is 23.9 Å². The first-order valence-corrected chi connectivity index (χ1v) is 7.49. The molecule has 2 aromatic heterocycles. The highest BCUT2D eigenvalue weighted by Gasteiger charge is 2.43. The molecule has 0 radical (unpaired) electrons. The fourth-order valence-electron chi connectivity index (χ4n) is 3.55. The maximum Gasteiger partial charge on any atom is 0.218 e. The van der Waals surface area contributed by atoms with Crippen molar-refractivity contribution in [2.24, 2.45) is 11.1 Å². The summed E-state index contributed by atoms with van der Waals surface area (Å²) in [6.07, 6.45) is 2.82. The van der Waals surface area contributed by atoms with Crippen LogP contribution in [0.4, 0.5) is 0 Å². The second-order valence-electron chi connectivity index (χ2n) is 6.34. The van der Waals surface area contributed by atoms with Crippen molar-refractivity contribution in [1.82, 2.24) is 9.61 Å². The molecule has 6 nitrogen and oxygen atoms in total. The number of nitrogens with zero attached hydrogens (tertiary/aromatic N) is 2. The van der Waals surface area contributed by atoms with Gasteiger partial charge in [0, 0.05) is 23.6 Å². The Labute approximate surface area is 128 Å². The summed E-state index contributed by atoms with van der Waals surface area (Å²) in [5.74, 6) is -0.455. The molecular formula is C16H21N3O3. The lowest BCUT2D eigenvalue weighted by molar-refractivity contribution is -0.124. The van der Waals surface area contributed by atoms with Gasteiger partial charge in [-0.3, -0.25) is 4.79 Å². The quantitative estimate of drug-likeness (QED) is 0.758. The second kappa shape index (κ2) is 5.37. The predicted octanol–water partition coefficient (Wildman–Crippen LogP) is 0.346. The highest BCUT2D eigenvalue weighted by atomic mass is 16.3. The molecule has 118 valence electrons. The molecule has 2 atom stereocenters. The van der Waals surface area contributed by atoms with Crippen LogP contribution in [0.25, 0.3) is 5.52 Å². The Morgan fingerprint density at radius 2 is 2.32 bits per heavy atom. The van der Waals surface area contributed by atoms with Gasteiger partial charge in [0.25, 0.3) is 0 Å². The van der Waals surface area contributed by atoms with E-state index in [1.165, 1.54) is 0 Å². The zero-order valence-corrected chi connectivity index (χ0v) is 12.6. The molecule has 0 aliphatic heterocycles. The van der Waals surface area contributed by atoms with Crippen molar-refractivity contribution in [3.8, 4) is 0 Å². The SMILES string of the molecule is Cc1ccc2c3c(nn2c1)CCC(CC(N)=O)(C(O)CO)C3. The summed E-state index contributed by atoms with van der Waals surface area (Å²) in [7, 11) is 0. The Bertz CT molecular complexity index is 725. The number of hydrogen-bond donors (Lipinski definition) is 3. The first-order chi connectivity index (χ1) is 10.4. The van der Waals surface area contributed by atoms with Gasteiger partial charge in [-0.2, -0.15) is 5.10 Å². The van der Waals surface area contributed by atoms with Crippen molar-refractivity contribution in [3.05, 3.63) is 35.2 Å². The van der Waals surface area contributed by atoms with E-state index in [4.69, 9.17) is 5.73 Å². The lowest BCUT2D eigenvalue weighted by Crippen LogP contribution is -2.45. The zero-order chi connectivity index (χ0) is 15.9. The number of primary amides is 1. The molecule has 1 aliphatic rings. The molecule has 2 unspecified atom stereocenters. The van der Waals surface area contributed by atoms with Crippen molar-refractivity contribution in [2.75, 3.05) is 6.61 Å². The fourth-order valence-corrected chi connectivity index (χ4v) is 3.55. The Kier molecular flexibility index (Phi) is 3.66. The number of pyridine rings is 1. The number of rotatable bonds is 4. The predicted molar refractivity (Wildman–Crippen MR) is 81.3 cm³/mol. The minimum absolute atomic E-state index is 0.0668. The van der Waals surface area contributed by atoms with Crippen LogP contribution in [0.1, 0.15) is 29.7 Å². The molecule has 0 saturated heterocycles. The van der Waals surface area contributed by atoms with Gasteiger partial charge in [-0.25, -0.2) is 4.52 Å². The maximum absolute atomic E-state index is 11.5. The van der Waals surface area contributed by atoms with Crippen LogP contribution in [0.2, 0.25) is 0 Å². The molecular weight excluding hydrogens is 282 g/mol. The molecule has 1 amide bonds. The van der Waals surface area contributed by atoms with E-state index >= 15 is 0 Å². The Morgan fingerprint density at radius 3 is 3.00 bits per heavy atom. The minimum atomic E-state index is -0.964. The average Bonchev–Trinajstić information content (AvgIpc) is 2.82. The topological polar surface area (TPSA) is 101 Å². The number of aromatic nitrogens is 2. The van der Waals surface area contributed by atoms with E-state index in [0.717, 1.165) is 22.3 Å². The second-order valence-corrected chi connectivity index (χ2v) is 6.34. The van der Waals surface area contributed by atoms with Crippen LogP contribution >= 0.6 is 0 Å². The third-order valence-electron chi connectivity index (χ3n) is 4.76. The van der Waals surface area contributed by atoms with Crippen LogP contribution in [0, 0.1) is 12.3 Å². The van der Waals surface area contributed by atoms with Crippen molar-refractivity contribution in [2.45, 2.75) is 38.7 Å². The number of carbonyl (C=O) groups is 1. The van der Waals surface area contributed by atoms with E-state index in [2.05, 4.69) is 5.10 Å². The van der Waals surface area contributed by atoms with E-state index in [-0.39, 0.29) is 13.0 Å². The summed E-state index contributed by atoms with van der Waals surface area (Å²) < 4.78 is 1.85. The van der Waals surface area contributed by atoms with Crippen LogP contribution < -0.4 is 5.73 Å². The van der Waals surface area contributed by atoms with Gasteiger partial charge in [-0.15, -0.1) is 0 Å². The van der Waals surface area contributed by atoms with Crippen molar-refractivity contribution < 1.29 is 15.0 Å². The molecule has 22 heavy (non-hydrogen) atoms. The van der Waals surface area contributed by atoms with E-state index < -0.39 is 17.4 Å². The fraction of sp³-hybridized carbons (Fsp3) is 0.500. The summed E-state index contributed by atoms with van der Waals surface area (Å²) in [6, 6.07) is 4.02. The summed E-state index contributed by atoms with van der Waals surface area (Å²) in [5.41, 5.74) is 8.81. The van der Waals surface area contributed by atoms with Crippen LogP contribution in [-0.4, -0.2) is 38.4 Å². The van der Waals surface area contributed by atoms with E-state index in [1.54, 1.807) is 0 Å². The van der Waals surface area contributed by atoms with Gasteiger partial charge in [0.15, 0.2) is 0 Å². The highest BCUT2D eigenvalue weighted by molar-refractivity contribution is 5.75. The molecule has 0 aromatic carbocycles. The number of carbonyl (C=O) groups excluding carboxylic acids is 1. The molecule has 1 aliphatic carbocycles. The average molecular weight is 303 g/mol. The van der Waals surface area contributed by atoms with Gasteiger partial charge in [0.1, 0.15) is 0 Å². The van der Waals surface area contributed by atoms with Crippen molar-refractivity contribution in [3.63, 3.8) is 0 Å². The molecule has 0 saturated carbocycles. The number of aliphatic hydroxyl groups excluding tert-OH is 2. The van der Waals surface area contributed by atoms with Gasteiger partial charge < -0.3 is 15.9 Å². The summed E-state index contributed by atoms with van der Waals surface area (Å²) in [4.78, 5) is 11.5. The Balaban J connectivity index is 2.06. The Hall–Kier alpha value is -1.92. The van der Waals surface area contributed by atoms with Crippen molar-refractivity contribution >= 4 is 11.4 Å². The molecule has 0 spiro atoms. The minimum Gasteiger partial charge on any atom is -0.394 e. The van der Waals surface area contributed by atoms with Gasteiger partial charge in [-0.05, 0) is 37.8 Å². The number of fused-ring (bicyclic) bond motifs is 3. The molecule has 2 aromatic rings. The summed E-state index contributed by atoms with van der Waals surface area (Å²) in [5, 5.41) is 24.3. The molecule has 6 heteroatoms. The third-order valence-corrected chi connectivity index (χ3v) is 4.76. The zero-order valence-electron chi connectivity index (χ0n) is 12.6.